The van der Waals surface area contributed by atoms with Gasteiger partial charge in [0, 0.05) is 47.7 Å². The fraction of sp³-hybridized carbons (Fsp3) is 0.360. The normalized spacial score (nSPS) is 17.5. The van der Waals surface area contributed by atoms with Crippen molar-refractivity contribution in [3.05, 3.63) is 46.7 Å². The molecule has 0 spiro atoms. The van der Waals surface area contributed by atoms with Gasteiger partial charge < -0.3 is 19.0 Å². The van der Waals surface area contributed by atoms with Crippen LogP contribution in [-0.2, 0) is 21.4 Å². The highest BCUT2D eigenvalue weighted by molar-refractivity contribution is 7.88. The molecule has 0 saturated carbocycles. The third-order valence-corrected chi connectivity index (χ3v) is 8.29. The molecule has 9 nitrogen and oxygen atoms in total. The summed E-state index contributed by atoms with van der Waals surface area (Å²) in [4.78, 5) is 4.05. The van der Waals surface area contributed by atoms with Crippen LogP contribution < -0.4 is 14.2 Å². The third kappa shape index (κ3) is 5.41. The van der Waals surface area contributed by atoms with E-state index in [-0.39, 0.29) is 42.3 Å². The second kappa shape index (κ2) is 11.0. The van der Waals surface area contributed by atoms with Crippen molar-refractivity contribution in [1.82, 2.24) is 20.1 Å². The summed E-state index contributed by atoms with van der Waals surface area (Å²) in [7, 11) is -4.87. The van der Waals surface area contributed by atoms with E-state index in [0.717, 1.165) is 11.4 Å². The second-order valence-electron chi connectivity index (χ2n) is 9.44. The van der Waals surface area contributed by atoms with Crippen LogP contribution in [0.1, 0.15) is 25.6 Å². The Hall–Kier alpha value is -3.41. The van der Waals surface area contributed by atoms with E-state index in [9.17, 15) is 26.0 Å². The fourth-order valence-electron chi connectivity index (χ4n) is 4.70. The number of methoxy groups -OCH3 is 1. The quantitative estimate of drug-likeness (QED) is 0.116. The number of benzene rings is 1. The van der Waals surface area contributed by atoms with E-state index in [1.165, 1.54) is 13.2 Å². The van der Waals surface area contributed by atoms with Gasteiger partial charge in [-0.2, -0.15) is 26.7 Å². The third-order valence-electron chi connectivity index (χ3n) is 6.41. The average molecular weight is 637 g/mol. The van der Waals surface area contributed by atoms with Gasteiger partial charge in [0.15, 0.2) is 0 Å². The molecular formula is C25H22F6N4O5S2. The van der Waals surface area contributed by atoms with Crippen LogP contribution in [0.15, 0.2) is 23.6 Å². The van der Waals surface area contributed by atoms with Crippen LogP contribution in [0.3, 0.4) is 0 Å². The maximum atomic E-state index is 15.6. The topological polar surface area (TPSA) is 105 Å². The number of nitrogens with one attached hydrogen (secondary N) is 1. The summed E-state index contributed by atoms with van der Waals surface area (Å²) in [5.41, 5.74) is -6.52. The first-order valence-electron chi connectivity index (χ1n) is 12.3. The Morgan fingerprint density at radius 2 is 1.83 bits per heavy atom. The number of fused-ring (bicyclic) bond motifs is 2. The zero-order chi connectivity index (χ0) is 30.6. The zero-order valence-corrected chi connectivity index (χ0v) is 23.7. The van der Waals surface area contributed by atoms with Gasteiger partial charge in [0.2, 0.25) is 0 Å². The molecule has 226 valence electrons. The number of ether oxygens (including phenoxy) is 2. The van der Waals surface area contributed by atoms with E-state index in [0.29, 0.717) is 29.6 Å². The molecule has 0 fully saturated rings. The van der Waals surface area contributed by atoms with Gasteiger partial charge in [0.05, 0.1) is 24.4 Å². The summed E-state index contributed by atoms with van der Waals surface area (Å²) in [6, 6.07) is 2.58. The predicted octanol–water partition coefficient (Wildman–Crippen LogP) is 5.55. The van der Waals surface area contributed by atoms with E-state index < -0.39 is 60.3 Å². The van der Waals surface area contributed by atoms with Crippen molar-refractivity contribution in [2.45, 2.75) is 38.0 Å². The van der Waals surface area contributed by atoms with Crippen molar-refractivity contribution in [3.63, 3.8) is 0 Å². The second-order valence-corrected chi connectivity index (χ2v) is 11.9. The van der Waals surface area contributed by atoms with Crippen LogP contribution in [0, 0.1) is 17.5 Å². The number of alkyl halides is 3. The lowest BCUT2D eigenvalue weighted by Gasteiger charge is -2.27. The maximum absolute atomic E-state index is 15.6. The summed E-state index contributed by atoms with van der Waals surface area (Å²) in [6.45, 7) is 3.93. The average Bonchev–Trinajstić information content (AvgIpc) is 3.48. The molecule has 0 unspecified atom stereocenters. The largest absolute Gasteiger partial charge is 0.534 e. The number of rotatable bonds is 8. The van der Waals surface area contributed by atoms with E-state index in [2.05, 4.69) is 19.6 Å². The molecule has 0 bridgehead atoms. The van der Waals surface area contributed by atoms with Crippen LogP contribution in [0.25, 0.3) is 32.6 Å². The molecule has 1 N–H and O–H groups in total. The van der Waals surface area contributed by atoms with Gasteiger partial charge in [-0.15, -0.1) is 11.3 Å². The number of nitrogens with zero attached hydrogens (tertiary/aromatic N) is 3. The summed E-state index contributed by atoms with van der Waals surface area (Å²) < 4.78 is 125. The first-order valence-corrected chi connectivity index (χ1v) is 14.6. The van der Waals surface area contributed by atoms with Crippen molar-refractivity contribution >= 4 is 31.5 Å². The van der Waals surface area contributed by atoms with Gasteiger partial charge in [-0.25, -0.2) is 18.2 Å². The van der Waals surface area contributed by atoms with Crippen LogP contribution in [0.5, 0.6) is 11.6 Å². The van der Waals surface area contributed by atoms with Crippen molar-refractivity contribution in [3.8, 4) is 34.1 Å². The smallest absolute Gasteiger partial charge is 0.490 e. The van der Waals surface area contributed by atoms with Gasteiger partial charge >= 0.3 is 15.6 Å². The first kappa shape index (κ1) is 30.1. The molecule has 4 aromatic rings. The van der Waals surface area contributed by atoms with Gasteiger partial charge in [0.25, 0.3) is 5.88 Å². The standard InChI is InChI=1S/C25H22F6N4O5S2/c1-11-9-35-17(12(2)32-11)8-16(34-35)22-21(19-14(27)6-13(26)7-18(19)39-5-4-38-3)20-15(28)10-41-23(20)24(33-22)40-42(36,37)25(29,30)31/h6-8,10-12,32H,4-5,9H2,1-3H3/t11-,12+/m1/s1. The summed E-state index contributed by atoms with van der Waals surface area (Å²) in [5.74, 6) is -4.76. The van der Waals surface area contributed by atoms with Crippen LogP contribution in [0.2, 0.25) is 0 Å². The molecule has 1 aromatic carbocycles. The molecule has 0 saturated heterocycles. The van der Waals surface area contributed by atoms with E-state index in [1.54, 1.807) is 4.68 Å². The van der Waals surface area contributed by atoms with Gasteiger partial charge in [-0.1, -0.05) is 0 Å². The Balaban J connectivity index is 1.86. The molecule has 2 atom stereocenters. The zero-order valence-electron chi connectivity index (χ0n) is 22.1. The fourth-order valence-corrected chi connectivity index (χ4v) is 6.02. The van der Waals surface area contributed by atoms with Crippen LogP contribution in [-0.4, -0.2) is 55.1 Å². The van der Waals surface area contributed by atoms with Crippen molar-refractivity contribution in [2.75, 3.05) is 20.3 Å². The lowest BCUT2D eigenvalue weighted by molar-refractivity contribution is -0.0500. The predicted molar refractivity (Wildman–Crippen MR) is 140 cm³/mol. The van der Waals surface area contributed by atoms with E-state index in [1.807, 2.05) is 13.8 Å². The first-order chi connectivity index (χ1) is 19.7. The van der Waals surface area contributed by atoms with Crippen molar-refractivity contribution in [2.24, 2.45) is 0 Å². The SMILES string of the molecule is COCCOc1cc(F)cc(F)c1-c1c(-c2cc3n(n2)C[C@@H](C)N[C@H]3C)nc(OS(=O)(=O)C(F)(F)F)c2scc(F)c12. The molecule has 3 aromatic heterocycles. The molecule has 0 aliphatic carbocycles. The Morgan fingerprint density at radius 1 is 1.10 bits per heavy atom. The highest BCUT2D eigenvalue weighted by Gasteiger charge is 2.49. The monoisotopic (exact) mass is 636 g/mol. The maximum Gasteiger partial charge on any atom is 0.534 e. The number of hydrogen-bond donors (Lipinski definition) is 1. The molecule has 0 radical (unpaired) electrons. The summed E-state index contributed by atoms with van der Waals surface area (Å²) in [6.07, 6.45) is 0. The van der Waals surface area contributed by atoms with Crippen molar-refractivity contribution in [1.29, 1.82) is 0 Å². The molecule has 0 amide bonds. The number of hydrogen-bond acceptors (Lipinski definition) is 9. The van der Waals surface area contributed by atoms with Crippen LogP contribution >= 0.6 is 11.3 Å². The lowest BCUT2D eigenvalue weighted by Crippen LogP contribution is -2.39. The van der Waals surface area contributed by atoms with Gasteiger partial charge in [0.1, 0.15) is 45.9 Å². The lowest BCUT2D eigenvalue weighted by atomic mass is 9.96. The minimum absolute atomic E-state index is 0.0177. The minimum Gasteiger partial charge on any atom is -0.490 e. The molecule has 42 heavy (non-hydrogen) atoms. The van der Waals surface area contributed by atoms with Gasteiger partial charge in [-0.05, 0) is 19.9 Å². The molecule has 5 rings (SSSR count). The number of aromatic nitrogens is 3. The Labute approximate surface area is 239 Å². The van der Waals surface area contributed by atoms with E-state index in [4.69, 9.17) is 9.47 Å². The number of halogens is 6. The molecule has 1 aliphatic heterocycles. The number of pyridine rings is 1. The Bertz CT molecular complexity index is 1770. The molecule has 17 heteroatoms. The highest BCUT2D eigenvalue weighted by Crippen LogP contribution is 2.48. The number of thiophene rings is 1. The van der Waals surface area contributed by atoms with Crippen molar-refractivity contribution < 1.29 is 48.4 Å². The summed E-state index contributed by atoms with van der Waals surface area (Å²) in [5, 5.41) is 8.11. The molecular weight excluding hydrogens is 614 g/mol. The minimum atomic E-state index is -6.24. The molecule has 4 heterocycles. The van der Waals surface area contributed by atoms with Crippen LogP contribution in [0.4, 0.5) is 26.3 Å². The Kier molecular flexibility index (Phi) is 7.88. The van der Waals surface area contributed by atoms with E-state index >= 15 is 8.78 Å². The molecule has 1 aliphatic rings. The highest BCUT2D eigenvalue weighted by atomic mass is 32.2. The van der Waals surface area contributed by atoms with Gasteiger partial charge in [-0.3, -0.25) is 4.68 Å². The Morgan fingerprint density at radius 3 is 2.52 bits per heavy atom. The summed E-state index contributed by atoms with van der Waals surface area (Å²) >= 11 is 0.482.